The Labute approximate surface area is 118 Å². The number of aryl methyl sites for hydroxylation is 1. The first kappa shape index (κ1) is 13.9. The summed E-state index contributed by atoms with van der Waals surface area (Å²) in [5.41, 5.74) is 2.15. The number of ether oxygens (including phenoxy) is 1. The van der Waals surface area contributed by atoms with Gasteiger partial charge in [-0.25, -0.2) is 0 Å². The SMILES string of the molecule is CNCc1c(Cl)cccc1OCCc1ccnn1C. The predicted octanol–water partition coefficient (Wildman–Crippen LogP) is 2.41. The maximum atomic E-state index is 6.18. The van der Waals surface area contributed by atoms with Gasteiger partial charge in [-0.1, -0.05) is 17.7 Å². The fraction of sp³-hybridized carbons (Fsp3) is 0.357. The van der Waals surface area contributed by atoms with E-state index in [0.29, 0.717) is 13.2 Å². The smallest absolute Gasteiger partial charge is 0.125 e. The molecule has 5 heteroatoms. The molecule has 0 amide bonds. The Morgan fingerprint density at radius 3 is 2.89 bits per heavy atom. The molecule has 0 unspecified atom stereocenters. The number of rotatable bonds is 6. The molecular weight excluding hydrogens is 262 g/mol. The van der Waals surface area contributed by atoms with Crippen LogP contribution in [0.3, 0.4) is 0 Å². The molecule has 19 heavy (non-hydrogen) atoms. The van der Waals surface area contributed by atoms with Crippen LogP contribution in [0.5, 0.6) is 5.75 Å². The monoisotopic (exact) mass is 279 g/mol. The molecule has 1 N–H and O–H groups in total. The summed E-state index contributed by atoms with van der Waals surface area (Å²) in [6.07, 6.45) is 2.61. The van der Waals surface area contributed by atoms with Gasteiger partial charge in [0, 0.05) is 42.5 Å². The number of nitrogens with one attached hydrogen (secondary N) is 1. The largest absolute Gasteiger partial charge is 0.493 e. The van der Waals surface area contributed by atoms with Crippen LogP contribution in [-0.4, -0.2) is 23.4 Å². The molecule has 4 nitrogen and oxygen atoms in total. The molecule has 2 aromatic rings. The quantitative estimate of drug-likeness (QED) is 0.883. The topological polar surface area (TPSA) is 39.1 Å². The highest BCUT2D eigenvalue weighted by Crippen LogP contribution is 2.26. The minimum absolute atomic E-state index is 0.608. The molecule has 1 aromatic heterocycles. The molecule has 2 rings (SSSR count). The predicted molar refractivity (Wildman–Crippen MR) is 76.6 cm³/mol. The molecule has 0 aliphatic carbocycles. The van der Waals surface area contributed by atoms with E-state index < -0.39 is 0 Å². The van der Waals surface area contributed by atoms with Crippen LogP contribution in [0.15, 0.2) is 30.5 Å². The summed E-state index contributed by atoms with van der Waals surface area (Å²) in [4.78, 5) is 0. The second-order valence-corrected chi connectivity index (χ2v) is 4.70. The van der Waals surface area contributed by atoms with Crippen molar-refractivity contribution in [1.29, 1.82) is 0 Å². The summed E-state index contributed by atoms with van der Waals surface area (Å²) < 4.78 is 7.69. The van der Waals surface area contributed by atoms with Gasteiger partial charge in [0.1, 0.15) is 5.75 Å². The van der Waals surface area contributed by atoms with Crippen molar-refractivity contribution in [2.45, 2.75) is 13.0 Å². The van der Waals surface area contributed by atoms with E-state index in [-0.39, 0.29) is 0 Å². The van der Waals surface area contributed by atoms with Gasteiger partial charge >= 0.3 is 0 Å². The van der Waals surface area contributed by atoms with E-state index in [1.54, 1.807) is 6.20 Å². The third-order valence-corrected chi connectivity index (χ3v) is 3.32. The molecule has 1 aromatic carbocycles. The third-order valence-electron chi connectivity index (χ3n) is 2.97. The van der Waals surface area contributed by atoms with E-state index >= 15 is 0 Å². The first-order valence-electron chi connectivity index (χ1n) is 6.24. The number of hydrogen-bond donors (Lipinski definition) is 1. The normalized spacial score (nSPS) is 10.7. The maximum Gasteiger partial charge on any atom is 0.125 e. The van der Waals surface area contributed by atoms with Crippen molar-refractivity contribution in [3.8, 4) is 5.75 Å². The van der Waals surface area contributed by atoms with Gasteiger partial charge in [0.2, 0.25) is 0 Å². The summed E-state index contributed by atoms with van der Waals surface area (Å²) in [6.45, 7) is 1.30. The number of nitrogens with zero attached hydrogens (tertiary/aromatic N) is 2. The second-order valence-electron chi connectivity index (χ2n) is 4.29. The average Bonchev–Trinajstić information content (AvgIpc) is 2.79. The van der Waals surface area contributed by atoms with Crippen molar-refractivity contribution in [2.24, 2.45) is 7.05 Å². The van der Waals surface area contributed by atoms with Crippen LogP contribution in [0.25, 0.3) is 0 Å². The molecule has 0 atom stereocenters. The summed E-state index contributed by atoms with van der Waals surface area (Å²) in [5.74, 6) is 0.837. The molecular formula is C14H18ClN3O. The Morgan fingerprint density at radius 2 is 2.21 bits per heavy atom. The average molecular weight is 280 g/mol. The van der Waals surface area contributed by atoms with Crippen molar-refractivity contribution >= 4 is 11.6 Å². The summed E-state index contributed by atoms with van der Waals surface area (Å²) in [5, 5.41) is 7.96. The second kappa shape index (κ2) is 6.59. The molecule has 0 aliphatic heterocycles. The Morgan fingerprint density at radius 1 is 1.37 bits per heavy atom. The van der Waals surface area contributed by atoms with Gasteiger partial charge in [-0.3, -0.25) is 4.68 Å². The van der Waals surface area contributed by atoms with Crippen molar-refractivity contribution in [1.82, 2.24) is 15.1 Å². The molecule has 0 aliphatic rings. The first-order chi connectivity index (χ1) is 9.22. The van der Waals surface area contributed by atoms with E-state index in [0.717, 1.165) is 28.5 Å². The minimum atomic E-state index is 0.608. The van der Waals surface area contributed by atoms with Crippen LogP contribution in [0, 0.1) is 0 Å². The Kier molecular flexibility index (Phi) is 4.82. The van der Waals surface area contributed by atoms with E-state index in [1.807, 2.05) is 43.0 Å². The van der Waals surface area contributed by atoms with Crippen LogP contribution in [0.2, 0.25) is 5.02 Å². The molecule has 0 spiro atoms. The fourth-order valence-electron chi connectivity index (χ4n) is 1.93. The van der Waals surface area contributed by atoms with Crippen LogP contribution in [0.1, 0.15) is 11.3 Å². The van der Waals surface area contributed by atoms with E-state index in [1.165, 1.54) is 0 Å². The highest BCUT2D eigenvalue weighted by Gasteiger charge is 2.07. The Balaban J connectivity index is 1.99. The number of hydrogen-bond acceptors (Lipinski definition) is 3. The molecule has 0 radical (unpaired) electrons. The third kappa shape index (κ3) is 3.49. The molecule has 0 fully saturated rings. The van der Waals surface area contributed by atoms with Gasteiger partial charge in [0.15, 0.2) is 0 Å². The highest BCUT2D eigenvalue weighted by atomic mass is 35.5. The van der Waals surface area contributed by atoms with E-state index in [9.17, 15) is 0 Å². The standard InChI is InChI=1S/C14H18ClN3O/c1-16-10-12-13(15)4-3-5-14(12)19-9-7-11-6-8-17-18(11)2/h3-6,8,16H,7,9-10H2,1-2H3. The van der Waals surface area contributed by atoms with Gasteiger partial charge in [0.05, 0.1) is 6.61 Å². The van der Waals surface area contributed by atoms with Gasteiger partial charge in [0.25, 0.3) is 0 Å². The maximum absolute atomic E-state index is 6.18. The minimum Gasteiger partial charge on any atom is -0.493 e. The van der Waals surface area contributed by atoms with Crippen molar-refractivity contribution < 1.29 is 4.74 Å². The van der Waals surface area contributed by atoms with Crippen LogP contribution >= 0.6 is 11.6 Å². The summed E-state index contributed by atoms with van der Waals surface area (Å²) >= 11 is 6.18. The van der Waals surface area contributed by atoms with Crippen LogP contribution < -0.4 is 10.1 Å². The Hall–Kier alpha value is -1.52. The lowest BCUT2D eigenvalue weighted by atomic mass is 10.2. The zero-order valence-corrected chi connectivity index (χ0v) is 11.9. The van der Waals surface area contributed by atoms with E-state index in [4.69, 9.17) is 16.3 Å². The van der Waals surface area contributed by atoms with E-state index in [2.05, 4.69) is 10.4 Å². The summed E-state index contributed by atoms with van der Waals surface area (Å²) in [7, 11) is 3.82. The van der Waals surface area contributed by atoms with Crippen LogP contribution in [-0.2, 0) is 20.0 Å². The van der Waals surface area contributed by atoms with Crippen LogP contribution in [0.4, 0.5) is 0 Å². The molecule has 1 heterocycles. The number of benzene rings is 1. The Bertz CT molecular complexity index is 539. The number of aromatic nitrogens is 2. The lowest BCUT2D eigenvalue weighted by molar-refractivity contribution is 0.314. The lowest BCUT2D eigenvalue weighted by Crippen LogP contribution is -2.10. The molecule has 0 saturated heterocycles. The van der Waals surface area contributed by atoms with Gasteiger partial charge in [-0.15, -0.1) is 0 Å². The van der Waals surface area contributed by atoms with Crippen molar-refractivity contribution in [3.05, 3.63) is 46.7 Å². The van der Waals surface area contributed by atoms with Gasteiger partial charge < -0.3 is 10.1 Å². The van der Waals surface area contributed by atoms with Crippen molar-refractivity contribution in [3.63, 3.8) is 0 Å². The zero-order chi connectivity index (χ0) is 13.7. The lowest BCUT2D eigenvalue weighted by Gasteiger charge is -2.12. The van der Waals surface area contributed by atoms with Gasteiger partial charge in [-0.05, 0) is 25.2 Å². The van der Waals surface area contributed by atoms with Gasteiger partial charge in [-0.2, -0.15) is 5.10 Å². The molecule has 0 saturated carbocycles. The number of halogens is 1. The fourth-order valence-corrected chi connectivity index (χ4v) is 2.17. The molecule has 102 valence electrons. The zero-order valence-electron chi connectivity index (χ0n) is 11.2. The first-order valence-corrected chi connectivity index (χ1v) is 6.62. The summed E-state index contributed by atoms with van der Waals surface area (Å²) in [6, 6.07) is 7.72. The van der Waals surface area contributed by atoms with Crippen molar-refractivity contribution in [2.75, 3.05) is 13.7 Å². The highest BCUT2D eigenvalue weighted by molar-refractivity contribution is 6.31. The molecule has 0 bridgehead atoms.